The van der Waals surface area contributed by atoms with Gasteiger partial charge in [0.25, 0.3) is 0 Å². The molecular weight excluding hydrogens is 353 g/mol. The molecule has 1 aromatic carbocycles. The van der Waals surface area contributed by atoms with E-state index in [4.69, 9.17) is 13.8 Å². The number of amides is 1. The summed E-state index contributed by atoms with van der Waals surface area (Å²) in [5.74, 6) is 0. The molecule has 0 spiro atoms. The van der Waals surface area contributed by atoms with Gasteiger partial charge in [0, 0.05) is 5.57 Å². The Morgan fingerprint density at radius 3 is 2.12 bits per heavy atom. The van der Waals surface area contributed by atoms with Crippen molar-refractivity contribution in [1.29, 1.82) is 0 Å². The van der Waals surface area contributed by atoms with E-state index in [1.54, 1.807) is 34.6 Å². The fraction of sp³-hybridized carbons (Fsp3) is 0.421. The van der Waals surface area contributed by atoms with Crippen molar-refractivity contribution >= 4 is 19.3 Å². The van der Waals surface area contributed by atoms with Gasteiger partial charge in [0.05, 0.1) is 13.2 Å². The molecular formula is C19H28NO5P. The Hall–Kier alpha value is -1.88. The molecule has 0 aliphatic carbocycles. The molecule has 0 aliphatic rings. The molecule has 0 aromatic heterocycles. The van der Waals surface area contributed by atoms with Gasteiger partial charge in [-0.2, -0.15) is 0 Å². The molecule has 0 saturated carbocycles. The van der Waals surface area contributed by atoms with Crippen LogP contribution in [0, 0.1) is 0 Å². The number of hydrogen-bond acceptors (Lipinski definition) is 5. The van der Waals surface area contributed by atoms with E-state index in [0.717, 1.165) is 0 Å². The van der Waals surface area contributed by atoms with E-state index in [1.165, 1.54) is 6.08 Å². The third-order valence-corrected chi connectivity index (χ3v) is 5.13. The van der Waals surface area contributed by atoms with E-state index in [-0.39, 0.29) is 18.7 Å². The van der Waals surface area contributed by atoms with Gasteiger partial charge in [-0.05, 0) is 40.2 Å². The zero-order chi connectivity index (χ0) is 19.8. The second-order valence-electron chi connectivity index (χ2n) is 6.29. The van der Waals surface area contributed by atoms with Crippen molar-refractivity contribution in [2.45, 2.75) is 40.2 Å². The van der Waals surface area contributed by atoms with Crippen molar-refractivity contribution in [3.63, 3.8) is 0 Å². The maximum atomic E-state index is 13.4. The fourth-order valence-corrected chi connectivity index (χ4v) is 3.92. The third-order valence-electron chi connectivity index (χ3n) is 3.04. The van der Waals surface area contributed by atoms with Crippen molar-refractivity contribution in [3.05, 3.63) is 54.0 Å². The van der Waals surface area contributed by atoms with Crippen LogP contribution in [0.4, 0.5) is 4.79 Å². The topological polar surface area (TPSA) is 73.9 Å². The number of hydrogen-bond donors (Lipinski definition) is 1. The summed E-state index contributed by atoms with van der Waals surface area (Å²) in [5, 5.41) is 2.57. The van der Waals surface area contributed by atoms with Crippen LogP contribution in [0.15, 0.2) is 48.4 Å². The summed E-state index contributed by atoms with van der Waals surface area (Å²) >= 11 is 0. The minimum absolute atomic E-state index is 0.0108. The first kappa shape index (κ1) is 22.2. The van der Waals surface area contributed by atoms with Crippen molar-refractivity contribution in [2.24, 2.45) is 0 Å². The highest BCUT2D eigenvalue weighted by atomic mass is 31.2. The molecule has 1 amide bonds. The van der Waals surface area contributed by atoms with Gasteiger partial charge in [0.15, 0.2) is 0 Å². The maximum Gasteiger partial charge on any atom is 0.412 e. The van der Waals surface area contributed by atoms with Crippen LogP contribution < -0.4 is 5.32 Å². The van der Waals surface area contributed by atoms with Crippen LogP contribution in [-0.4, -0.2) is 24.9 Å². The van der Waals surface area contributed by atoms with Crippen LogP contribution in [0.1, 0.15) is 40.2 Å². The summed E-state index contributed by atoms with van der Waals surface area (Å²) in [5.41, 5.74) is 0.462. The Morgan fingerprint density at radius 1 is 1.15 bits per heavy atom. The number of benzene rings is 1. The average Bonchev–Trinajstić information content (AvgIpc) is 2.54. The molecule has 0 aliphatic heterocycles. The highest BCUT2D eigenvalue weighted by Gasteiger charge is 2.35. The van der Waals surface area contributed by atoms with Crippen molar-refractivity contribution in [3.8, 4) is 0 Å². The molecule has 0 atom stereocenters. The summed E-state index contributed by atoms with van der Waals surface area (Å²) in [6.07, 6.45) is 0.759. The maximum absolute atomic E-state index is 13.4. The minimum Gasteiger partial charge on any atom is -0.444 e. The second kappa shape index (κ2) is 9.72. The van der Waals surface area contributed by atoms with E-state index >= 15 is 0 Å². The predicted molar refractivity (Wildman–Crippen MR) is 104 cm³/mol. The van der Waals surface area contributed by atoms with Gasteiger partial charge < -0.3 is 13.8 Å². The molecule has 0 radical (unpaired) electrons. The third kappa shape index (κ3) is 6.45. The fourth-order valence-electron chi connectivity index (χ4n) is 2.16. The van der Waals surface area contributed by atoms with Gasteiger partial charge in [0.2, 0.25) is 0 Å². The summed E-state index contributed by atoms with van der Waals surface area (Å²) in [6, 6.07) is 9.15. The zero-order valence-corrected chi connectivity index (χ0v) is 17.0. The Morgan fingerprint density at radius 2 is 1.69 bits per heavy atom. The smallest absolute Gasteiger partial charge is 0.412 e. The molecule has 0 heterocycles. The number of carbonyl (C=O) groups excluding carboxylic acids is 1. The lowest BCUT2D eigenvalue weighted by Crippen LogP contribution is -2.33. The van der Waals surface area contributed by atoms with E-state index in [0.29, 0.717) is 11.1 Å². The van der Waals surface area contributed by atoms with Crippen LogP contribution in [0.3, 0.4) is 0 Å². The first-order chi connectivity index (χ1) is 12.2. The molecule has 144 valence electrons. The first-order valence-electron chi connectivity index (χ1n) is 8.48. The summed E-state index contributed by atoms with van der Waals surface area (Å²) in [6.45, 7) is 12.7. The SMILES string of the molecule is C=C/C(=C(/NC(=O)OC(C)(C)C)P(=O)(OCC)OCC)c1ccccc1. The summed E-state index contributed by atoms with van der Waals surface area (Å²) < 4.78 is 29.5. The lowest BCUT2D eigenvalue weighted by molar-refractivity contribution is 0.0546. The van der Waals surface area contributed by atoms with Gasteiger partial charge in [-0.3, -0.25) is 9.88 Å². The van der Waals surface area contributed by atoms with Gasteiger partial charge in [-0.25, -0.2) is 4.79 Å². The molecule has 1 aromatic rings. The van der Waals surface area contributed by atoms with E-state index in [2.05, 4.69) is 11.9 Å². The van der Waals surface area contributed by atoms with Gasteiger partial charge >= 0.3 is 13.7 Å². The zero-order valence-electron chi connectivity index (χ0n) is 16.1. The predicted octanol–water partition coefficient (Wildman–Crippen LogP) is 5.33. The highest BCUT2D eigenvalue weighted by Crippen LogP contribution is 2.57. The molecule has 26 heavy (non-hydrogen) atoms. The van der Waals surface area contributed by atoms with Crippen molar-refractivity contribution < 1.29 is 23.1 Å². The quantitative estimate of drug-likeness (QED) is 0.486. The first-order valence-corrected chi connectivity index (χ1v) is 10.0. The number of nitrogens with one attached hydrogen (secondary N) is 1. The molecule has 7 heteroatoms. The number of carbonyl (C=O) groups is 1. The van der Waals surface area contributed by atoms with Crippen molar-refractivity contribution in [2.75, 3.05) is 13.2 Å². The average molecular weight is 381 g/mol. The van der Waals surface area contributed by atoms with Crippen LogP contribution in [-0.2, 0) is 18.3 Å². The van der Waals surface area contributed by atoms with Crippen LogP contribution in [0.5, 0.6) is 0 Å². The Bertz CT molecular complexity index is 682. The molecule has 0 unspecified atom stereocenters. The minimum atomic E-state index is -3.79. The Kier molecular flexibility index (Phi) is 8.28. The molecule has 0 saturated heterocycles. The Balaban J connectivity index is 3.49. The number of alkyl carbamates (subject to hydrolysis) is 1. The Labute approximate surface area is 155 Å². The highest BCUT2D eigenvalue weighted by molar-refractivity contribution is 7.58. The molecule has 1 N–H and O–H groups in total. The number of rotatable bonds is 8. The normalized spacial score (nSPS) is 13.0. The molecule has 0 fully saturated rings. The van der Waals surface area contributed by atoms with Crippen LogP contribution in [0.2, 0.25) is 0 Å². The molecule has 0 bridgehead atoms. The van der Waals surface area contributed by atoms with Crippen molar-refractivity contribution in [1.82, 2.24) is 5.32 Å². The summed E-state index contributed by atoms with van der Waals surface area (Å²) in [4.78, 5) is 12.3. The monoisotopic (exact) mass is 381 g/mol. The molecule has 6 nitrogen and oxygen atoms in total. The number of ether oxygens (including phenoxy) is 1. The lowest BCUT2D eigenvalue weighted by atomic mass is 10.1. The van der Waals surface area contributed by atoms with Gasteiger partial charge in [0.1, 0.15) is 11.0 Å². The van der Waals surface area contributed by atoms with Crippen LogP contribution in [0.25, 0.3) is 5.57 Å². The van der Waals surface area contributed by atoms with Gasteiger partial charge in [-0.15, -0.1) is 0 Å². The second-order valence-corrected chi connectivity index (χ2v) is 8.25. The molecule has 1 rings (SSSR count). The van der Waals surface area contributed by atoms with E-state index < -0.39 is 19.3 Å². The van der Waals surface area contributed by atoms with Crippen LogP contribution >= 0.6 is 7.60 Å². The lowest BCUT2D eigenvalue weighted by Gasteiger charge is -2.25. The van der Waals surface area contributed by atoms with E-state index in [9.17, 15) is 9.36 Å². The summed E-state index contributed by atoms with van der Waals surface area (Å²) in [7, 11) is -3.79. The van der Waals surface area contributed by atoms with Gasteiger partial charge in [-0.1, -0.05) is 43.0 Å². The standard InChI is InChI=1S/C19H28NO5P/c1-7-16(15-13-11-10-12-14-15)17(20-18(21)25-19(4,5)6)26(22,23-8-2)24-9-3/h7,10-14H,1,8-9H2,2-6H3,(H,20,21)/b17-16+. The van der Waals surface area contributed by atoms with E-state index in [1.807, 2.05) is 30.3 Å². The number of allylic oxidation sites excluding steroid dienone is 2. The largest absolute Gasteiger partial charge is 0.444 e.